The summed E-state index contributed by atoms with van der Waals surface area (Å²) in [5.41, 5.74) is 0. The second-order valence-electron chi connectivity index (χ2n) is 32.3. The van der Waals surface area contributed by atoms with E-state index < -0.39 is 26.5 Å². The summed E-state index contributed by atoms with van der Waals surface area (Å²) in [5, 5.41) is 0. The van der Waals surface area contributed by atoms with Crippen LogP contribution < -0.4 is 0 Å². The summed E-state index contributed by atoms with van der Waals surface area (Å²) in [7, 11) is 1.51. The zero-order chi connectivity index (χ0) is 74.0. The van der Waals surface area contributed by atoms with Crippen LogP contribution in [0.2, 0.25) is 0 Å². The number of quaternary nitrogens is 1. The van der Waals surface area contributed by atoms with E-state index in [-0.39, 0.29) is 25.6 Å². The Morgan fingerprint density at radius 2 is 0.529 bits per heavy atom. The monoisotopic (exact) mass is 1460 g/mol. The van der Waals surface area contributed by atoms with Crippen molar-refractivity contribution >= 4 is 19.8 Å². The number of carbonyl (C=O) groups is 2. The summed E-state index contributed by atoms with van der Waals surface area (Å²) < 4.78 is 34.9. The molecule has 0 aromatic carbocycles. The molecule has 0 aliphatic rings. The number of nitrogens with zero attached hydrogens (tertiary/aromatic N) is 1. The number of ether oxygens (including phenoxy) is 2. The first-order valence-electron chi connectivity index (χ1n) is 45.4. The van der Waals surface area contributed by atoms with Crippen LogP contribution >= 0.6 is 7.82 Å². The lowest BCUT2D eigenvalue weighted by Crippen LogP contribution is -2.37. The highest BCUT2D eigenvalue weighted by atomic mass is 31.2. The number of carbonyl (C=O) groups excluding carboxylic acids is 2. The minimum Gasteiger partial charge on any atom is -0.462 e. The molecule has 2 unspecified atom stereocenters. The average molecular weight is 1460 g/mol. The first kappa shape index (κ1) is 100.0. The van der Waals surface area contributed by atoms with E-state index in [1.807, 2.05) is 21.1 Å². The Kier molecular flexibility index (Phi) is 81.4. The number of hydrogen-bond donors (Lipinski definition) is 1. The van der Waals surface area contributed by atoms with Gasteiger partial charge in [-0.25, -0.2) is 4.57 Å². The van der Waals surface area contributed by atoms with Crippen molar-refractivity contribution in [2.75, 3.05) is 47.5 Å². The second kappa shape index (κ2) is 83.0. The summed E-state index contributed by atoms with van der Waals surface area (Å²) in [5.74, 6) is -0.768. The van der Waals surface area contributed by atoms with Gasteiger partial charge in [0.25, 0.3) is 0 Å². The summed E-state index contributed by atoms with van der Waals surface area (Å²) >= 11 is 0. The summed E-state index contributed by atoms with van der Waals surface area (Å²) in [4.78, 5) is 36.1. The number of likely N-dealkylation sites (N-methyl/N-ethyl adjacent to an activating group) is 1. The summed E-state index contributed by atoms with van der Waals surface area (Å²) in [6, 6.07) is 0. The molecule has 0 saturated carbocycles. The Balaban J connectivity index is 3.83. The molecular formula is C92H177NO8P+. The number of phosphoric ester groups is 1. The van der Waals surface area contributed by atoms with Crippen molar-refractivity contribution in [3.05, 3.63) is 48.6 Å². The third kappa shape index (κ3) is 86.9. The molecule has 0 saturated heterocycles. The third-order valence-electron chi connectivity index (χ3n) is 20.8. The van der Waals surface area contributed by atoms with Crippen LogP contribution in [0, 0.1) is 0 Å². The van der Waals surface area contributed by atoms with Gasteiger partial charge in [0.05, 0.1) is 27.7 Å². The largest absolute Gasteiger partial charge is 0.472 e. The molecule has 1 N–H and O–H groups in total. The Morgan fingerprint density at radius 3 is 0.775 bits per heavy atom. The van der Waals surface area contributed by atoms with Crippen molar-refractivity contribution in [2.24, 2.45) is 0 Å². The molecule has 0 aliphatic heterocycles. The van der Waals surface area contributed by atoms with E-state index >= 15 is 0 Å². The van der Waals surface area contributed by atoms with E-state index in [1.165, 1.54) is 398 Å². The molecule has 0 fully saturated rings. The van der Waals surface area contributed by atoms with Crippen molar-refractivity contribution in [3.8, 4) is 0 Å². The molecular weight excluding hydrogens is 1280 g/mol. The molecule has 0 rings (SSSR count). The van der Waals surface area contributed by atoms with E-state index in [0.29, 0.717) is 17.4 Å². The molecule has 0 bridgehead atoms. The van der Waals surface area contributed by atoms with Gasteiger partial charge in [0.15, 0.2) is 6.10 Å². The summed E-state index contributed by atoms with van der Waals surface area (Å²) in [6.45, 7) is 4.50. The van der Waals surface area contributed by atoms with E-state index in [1.54, 1.807) is 0 Å². The van der Waals surface area contributed by atoms with Gasteiger partial charge >= 0.3 is 19.8 Å². The zero-order valence-electron chi connectivity index (χ0n) is 69.1. The molecule has 0 amide bonds. The average Bonchev–Trinajstić information content (AvgIpc) is 0.916. The van der Waals surface area contributed by atoms with Crippen molar-refractivity contribution < 1.29 is 42.1 Å². The Labute approximate surface area is 636 Å². The van der Waals surface area contributed by atoms with E-state index in [0.717, 1.165) is 51.4 Å². The second-order valence-corrected chi connectivity index (χ2v) is 33.8. The van der Waals surface area contributed by atoms with Crippen LogP contribution in [0.15, 0.2) is 48.6 Å². The molecule has 602 valence electrons. The normalized spacial score (nSPS) is 13.1. The van der Waals surface area contributed by atoms with Gasteiger partial charge in [-0.2, -0.15) is 0 Å². The summed E-state index contributed by atoms with van der Waals surface area (Å²) in [6.07, 6.45) is 112. The molecule has 0 spiro atoms. The van der Waals surface area contributed by atoms with Gasteiger partial charge in [-0.05, 0) is 77.0 Å². The SMILES string of the molecule is CCCCCCC/C=C\C/C=C\CCCCCCCCCCCCCCCCCCCCCCCCCCCCCCCC(=O)OC(COC(=O)CCCCCCCCCCCCCCCCCCCCCCCCCCC/C=C\C/C=C\CCCCCCC)COP(=O)(O)OCC[N+](C)(C)C. The van der Waals surface area contributed by atoms with E-state index in [4.69, 9.17) is 18.5 Å². The number of rotatable bonds is 86. The van der Waals surface area contributed by atoms with Gasteiger partial charge in [-0.1, -0.05) is 435 Å². The number of esters is 2. The van der Waals surface area contributed by atoms with Crippen molar-refractivity contribution in [1.82, 2.24) is 0 Å². The fourth-order valence-electron chi connectivity index (χ4n) is 13.9. The third-order valence-corrected chi connectivity index (χ3v) is 21.8. The molecule has 0 radical (unpaired) electrons. The van der Waals surface area contributed by atoms with Crippen molar-refractivity contribution in [2.45, 2.75) is 482 Å². The lowest BCUT2D eigenvalue weighted by molar-refractivity contribution is -0.870. The first-order valence-corrected chi connectivity index (χ1v) is 46.9. The lowest BCUT2D eigenvalue weighted by Gasteiger charge is -2.24. The quantitative estimate of drug-likeness (QED) is 0.0211. The number of hydrogen-bond acceptors (Lipinski definition) is 7. The highest BCUT2D eigenvalue weighted by Crippen LogP contribution is 2.43. The fourth-order valence-corrected chi connectivity index (χ4v) is 14.7. The standard InChI is InChI=1S/C92H176NO8P/c1-6-8-10-12-14-16-18-20-22-24-26-28-30-32-34-36-38-40-42-44-45-46-47-49-51-53-55-57-59-61-63-65-67-69-71-73-75-77-79-81-83-85-92(95)101-90(89-100-102(96,97)99-87-86-93(3,4)5)88-98-91(94)84-82-80-78-76-74-72-70-68-66-64-62-60-58-56-54-52-50-48-43-41-39-37-35-33-31-29-27-25-23-21-19-17-15-13-11-9-7-2/h18-21,24-27,90H,6-17,22-23,28-89H2,1-5H3/p+1/b20-18-,21-19-,26-24-,27-25-. The van der Waals surface area contributed by atoms with E-state index in [9.17, 15) is 19.0 Å². The fraction of sp³-hybridized carbons (Fsp3) is 0.891. The van der Waals surface area contributed by atoms with Gasteiger partial charge in [0.1, 0.15) is 19.8 Å². The Bertz CT molecular complexity index is 1860. The molecule has 0 aromatic heterocycles. The molecule has 0 aliphatic carbocycles. The van der Waals surface area contributed by atoms with Crippen LogP contribution in [0.3, 0.4) is 0 Å². The predicted molar refractivity (Wildman–Crippen MR) is 446 cm³/mol. The number of allylic oxidation sites excluding steroid dienone is 8. The van der Waals surface area contributed by atoms with Crippen LogP contribution in [0.5, 0.6) is 0 Å². The van der Waals surface area contributed by atoms with Crippen LogP contribution in [0.1, 0.15) is 476 Å². The van der Waals surface area contributed by atoms with Gasteiger partial charge in [-0.15, -0.1) is 0 Å². The number of phosphoric acid groups is 1. The molecule has 2 atom stereocenters. The maximum atomic E-state index is 13.0. The molecule has 10 heteroatoms. The van der Waals surface area contributed by atoms with Gasteiger partial charge < -0.3 is 18.9 Å². The number of unbranched alkanes of at least 4 members (excludes halogenated alkanes) is 64. The smallest absolute Gasteiger partial charge is 0.462 e. The minimum absolute atomic E-state index is 0.0355. The van der Waals surface area contributed by atoms with Crippen LogP contribution in [0.4, 0.5) is 0 Å². The molecule has 9 nitrogen and oxygen atoms in total. The lowest BCUT2D eigenvalue weighted by atomic mass is 10.0. The maximum absolute atomic E-state index is 13.0. The molecule has 0 aromatic rings. The molecule has 102 heavy (non-hydrogen) atoms. The van der Waals surface area contributed by atoms with Gasteiger partial charge in [0, 0.05) is 12.8 Å². The minimum atomic E-state index is -4.40. The maximum Gasteiger partial charge on any atom is 0.472 e. The Hall–Kier alpha value is -2.03. The topological polar surface area (TPSA) is 108 Å². The van der Waals surface area contributed by atoms with Crippen molar-refractivity contribution in [3.63, 3.8) is 0 Å². The zero-order valence-corrected chi connectivity index (χ0v) is 70.0. The van der Waals surface area contributed by atoms with Crippen molar-refractivity contribution in [1.29, 1.82) is 0 Å². The van der Waals surface area contributed by atoms with Crippen LogP contribution in [0.25, 0.3) is 0 Å². The highest BCUT2D eigenvalue weighted by Gasteiger charge is 2.27. The first-order chi connectivity index (χ1) is 50.0. The highest BCUT2D eigenvalue weighted by molar-refractivity contribution is 7.47. The van der Waals surface area contributed by atoms with Crippen LogP contribution in [-0.4, -0.2) is 74.9 Å². The molecule has 0 heterocycles. The Morgan fingerprint density at radius 1 is 0.304 bits per heavy atom. The van der Waals surface area contributed by atoms with Crippen LogP contribution in [-0.2, 0) is 32.7 Å². The predicted octanol–water partition coefficient (Wildman–Crippen LogP) is 30.6. The van der Waals surface area contributed by atoms with E-state index in [2.05, 4.69) is 62.5 Å². The van der Waals surface area contributed by atoms with Gasteiger partial charge in [-0.3, -0.25) is 18.6 Å². The van der Waals surface area contributed by atoms with Gasteiger partial charge in [0.2, 0.25) is 0 Å².